The second-order valence-electron chi connectivity index (χ2n) is 9.36. The van der Waals surface area contributed by atoms with Gasteiger partial charge >= 0.3 is 5.97 Å². The van der Waals surface area contributed by atoms with Crippen molar-refractivity contribution >= 4 is 40.7 Å². The standard InChI is InChI=1S/C30H27N5O6S/c1-40-30(39)26-19(6-7-23(35-26)29(38)33-15-25(32)36)20-13-24-22(27-17(8-10-41-24)9-11-42-27)12-21(20)28(37)34-18-4-2-16(14-31)3-5-18/h2-7,9,11-13H,8,10,14-15,31H2,1H3,(H2,32,36)(H,33,38)(H,34,37). The summed E-state index contributed by atoms with van der Waals surface area (Å²) in [5.74, 6) is -2.17. The van der Waals surface area contributed by atoms with E-state index in [1.54, 1.807) is 35.6 Å². The lowest BCUT2D eigenvalue weighted by Crippen LogP contribution is -2.34. The first kappa shape index (κ1) is 28.5. The van der Waals surface area contributed by atoms with Gasteiger partial charge in [0, 0.05) is 45.8 Å². The number of nitrogens with two attached hydrogens (primary N) is 2. The van der Waals surface area contributed by atoms with Gasteiger partial charge in [-0.2, -0.15) is 0 Å². The zero-order valence-corrected chi connectivity index (χ0v) is 23.4. The first-order valence-corrected chi connectivity index (χ1v) is 13.8. The van der Waals surface area contributed by atoms with Crippen molar-refractivity contribution in [1.29, 1.82) is 0 Å². The molecule has 6 N–H and O–H groups in total. The Morgan fingerprint density at radius 2 is 1.79 bits per heavy atom. The second kappa shape index (κ2) is 12.2. The van der Waals surface area contributed by atoms with E-state index >= 15 is 0 Å². The number of primary amides is 1. The Hall–Kier alpha value is -5.07. The fourth-order valence-corrected chi connectivity index (χ4v) is 5.54. The Bertz CT molecular complexity index is 1700. The highest BCUT2D eigenvalue weighted by molar-refractivity contribution is 7.13. The molecular weight excluding hydrogens is 558 g/mol. The molecule has 42 heavy (non-hydrogen) atoms. The predicted molar refractivity (Wildman–Crippen MR) is 157 cm³/mol. The van der Waals surface area contributed by atoms with E-state index in [4.69, 9.17) is 20.9 Å². The summed E-state index contributed by atoms with van der Waals surface area (Å²) in [6.07, 6.45) is 0.696. The van der Waals surface area contributed by atoms with Gasteiger partial charge in [-0.05, 0) is 59.0 Å². The number of ether oxygens (including phenoxy) is 2. The fourth-order valence-electron chi connectivity index (χ4n) is 4.56. The summed E-state index contributed by atoms with van der Waals surface area (Å²) >= 11 is 1.55. The molecule has 12 heteroatoms. The van der Waals surface area contributed by atoms with E-state index in [0.717, 1.165) is 21.6 Å². The van der Waals surface area contributed by atoms with Crippen LogP contribution >= 0.6 is 11.3 Å². The second-order valence-corrected chi connectivity index (χ2v) is 10.3. The zero-order chi connectivity index (χ0) is 29.8. The van der Waals surface area contributed by atoms with E-state index < -0.39 is 30.2 Å². The molecule has 0 unspecified atom stereocenters. The molecule has 0 saturated heterocycles. The Morgan fingerprint density at radius 3 is 2.50 bits per heavy atom. The van der Waals surface area contributed by atoms with Crippen LogP contribution in [0.25, 0.3) is 21.6 Å². The Morgan fingerprint density at radius 1 is 1.00 bits per heavy atom. The third-order valence-electron chi connectivity index (χ3n) is 6.65. The number of hydrogen-bond acceptors (Lipinski definition) is 9. The van der Waals surface area contributed by atoms with Crippen LogP contribution in [0.15, 0.2) is 60.0 Å². The van der Waals surface area contributed by atoms with E-state index in [-0.39, 0.29) is 22.5 Å². The number of amides is 3. The minimum atomic E-state index is -0.824. The summed E-state index contributed by atoms with van der Waals surface area (Å²) in [4.78, 5) is 55.7. The van der Waals surface area contributed by atoms with Crippen molar-refractivity contribution in [2.24, 2.45) is 11.5 Å². The van der Waals surface area contributed by atoms with E-state index in [0.29, 0.717) is 36.6 Å². The summed E-state index contributed by atoms with van der Waals surface area (Å²) in [6.45, 7) is 0.391. The van der Waals surface area contributed by atoms with Crippen LogP contribution < -0.4 is 26.8 Å². The van der Waals surface area contributed by atoms with E-state index in [2.05, 4.69) is 15.6 Å². The zero-order valence-electron chi connectivity index (χ0n) is 22.6. The van der Waals surface area contributed by atoms with Gasteiger partial charge in [-0.1, -0.05) is 12.1 Å². The maximum Gasteiger partial charge on any atom is 0.357 e. The number of fused-ring (bicyclic) bond motifs is 3. The molecule has 0 bridgehead atoms. The smallest absolute Gasteiger partial charge is 0.357 e. The number of benzene rings is 2. The van der Waals surface area contributed by atoms with Crippen molar-refractivity contribution in [3.63, 3.8) is 0 Å². The quantitative estimate of drug-likeness (QED) is 0.228. The highest BCUT2D eigenvalue weighted by atomic mass is 32.1. The van der Waals surface area contributed by atoms with Gasteiger partial charge in [-0.15, -0.1) is 11.3 Å². The summed E-state index contributed by atoms with van der Waals surface area (Å²) < 4.78 is 11.1. The van der Waals surface area contributed by atoms with Crippen LogP contribution in [-0.2, 0) is 22.5 Å². The van der Waals surface area contributed by atoms with Gasteiger partial charge in [-0.3, -0.25) is 14.4 Å². The topological polar surface area (TPSA) is 176 Å². The van der Waals surface area contributed by atoms with Crippen molar-refractivity contribution in [2.45, 2.75) is 13.0 Å². The molecule has 0 spiro atoms. The van der Waals surface area contributed by atoms with Gasteiger partial charge in [0.25, 0.3) is 11.8 Å². The molecule has 2 aromatic carbocycles. The molecule has 0 saturated carbocycles. The Labute approximate surface area is 244 Å². The van der Waals surface area contributed by atoms with E-state index in [1.807, 2.05) is 23.6 Å². The number of nitrogens with one attached hydrogen (secondary N) is 2. The number of carbonyl (C=O) groups excluding carboxylic acids is 4. The highest BCUT2D eigenvalue weighted by Crippen LogP contribution is 2.43. The first-order chi connectivity index (χ1) is 20.3. The van der Waals surface area contributed by atoms with Crippen LogP contribution in [0.3, 0.4) is 0 Å². The van der Waals surface area contributed by atoms with Crippen molar-refractivity contribution in [2.75, 3.05) is 25.6 Å². The minimum Gasteiger partial charge on any atom is -0.493 e. The van der Waals surface area contributed by atoms with Gasteiger partial charge in [0.1, 0.15) is 11.4 Å². The van der Waals surface area contributed by atoms with E-state index in [9.17, 15) is 19.2 Å². The van der Waals surface area contributed by atoms with Gasteiger partial charge in [-0.25, -0.2) is 9.78 Å². The average molecular weight is 586 g/mol. The third kappa shape index (κ3) is 5.85. The van der Waals surface area contributed by atoms with Crippen LogP contribution in [0, 0.1) is 0 Å². The maximum absolute atomic E-state index is 13.8. The number of thiophene rings is 1. The SMILES string of the molecule is COC(=O)c1nc(C(=O)NCC(N)=O)ccc1-c1cc2c(cc1C(=O)Nc1ccc(CN)cc1)-c1sccc1CCO2. The normalized spacial score (nSPS) is 11.8. The van der Waals surface area contributed by atoms with Crippen LogP contribution in [0.2, 0.25) is 0 Å². The molecule has 5 rings (SSSR count). The number of methoxy groups -OCH3 is 1. The molecule has 2 aromatic heterocycles. The molecule has 0 atom stereocenters. The van der Waals surface area contributed by atoms with Gasteiger partial charge in [0.2, 0.25) is 5.91 Å². The largest absolute Gasteiger partial charge is 0.493 e. The molecule has 1 aliphatic rings. The monoisotopic (exact) mass is 585 g/mol. The molecule has 0 fully saturated rings. The number of aromatic nitrogens is 1. The van der Waals surface area contributed by atoms with Crippen molar-refractivity contribution in [3.05, 3.63) is 88.1 Å². The number of pyridine rings is 1. The number of esters is 1. The Balaban J connectivity index is 1.65. The lowest BCUT2D eigenvalue weighted by Gasteiger charge is -2.17. The number of nitrogens with zero attached hydrogens (tertiary/aromatic N) is 1. The molecule has 214 valence electrons. The predicted octanol–water partition coefficient (Wildman–Crippen LogP) is 3.12. The number of carbonyl (C=O) groups is 4. The van der Waals surface area contributed by atoms with Crippen molar-refractivity contribution in [1.82, 2.24) is 10.3 Å². The van der Waals surface area contributed by atoms with Crippen LogP contribution in [0.1, 0.15) is 42.5 Å². The molecule has 3 heterocycles. The summed E-state index contributed by atoms with van der Waals surface area (Å²) in [7, 11) is 1.19. The number of hydrogen-bond donors (Lipinski definition) is 4. The fraction of sp³-hybridized carbons (Fsp3) is 0.167. The minimum absolute atomic E-state index is 0.138. The van der Waals surface area contributed by atoms with Gasteiger partial charge in [0.05, 0.1) is 20.3 Å². The summed E-state index contributed by atoms with van der Waals surface area (Å²) in [6, 6.07) is 15.5. The van der Waals surface area contributed by atoms with Gasteiger partial charge in [0.15, 0.2) is 5.69 Å². The van der Waals surface area contributed by atoms with Crippen LogP contribution in [0.4, 0.5) is 5.69 Å². The van der Waals surface area contributed by atoms with Gasteiger partial charge < -0.3 is 31.6 Å². The van der Waals surface area contributed by atoms with E-state index in [1.165, 1.54) is 19.2 Å². The molecule has 0 radical (unpaired) electrons. The van der Waals surface area contributed by atoms with Crippen molar-refractivity contribution in [3.8, 4) is 27.3 Å². The highest BCUT2D eigenvalue weighted by Gasteiger charge is 2.27. The first-order valence-electron chi connectivity index (χ1n) is 12.9. The molecule has 1 aliphatic heterocycles. The maximum atomic E-state index is 13.8. The molecular formula is C30H27N5O6S. The lowest BCUT2D eigenvalue weighted by atomic mass is 9.93. The molecule has 4 aromatic rings. The van der Waals surface area contributed by atoms with Crippen molar-refractivity contribution < 1.29 is 28.7 Å². The molecule has 0 aliphatic carbocycles. The average Bonchev–Trinajstić information content (AvgIpc) is 3.40. The molecule has 11 nitrogen and oxygen atoms in total. The lowest BCUT2D eigenvalue weighted by molar-refractivity contribution is -0.117. The number of rotatable bonds is 8. The van der Waals surface area contributed by atoms with Crippen LogP contribution in [-0.4, -0.2) is 48.9 Å². The Kier molecular flexibility index (Phi) is 8.27. The number of anilines is 1. The third-order valence-corrected chi connectivity index (χ3v) is 7.64. The summed E-state index contributed by atoms with van der Waals surface area (Å²) in [5, 5.41) is 7.25. The van der Waals surface area contributed by atoms with Crippen LogP contribution in [0.5, 0.6) is 5.75 Å². The molecule has 3 amide bonds. The summed E-state index contributed by atoms with van der Waals surface area (Å²) in [5.41, 5.74) is 14.7.